The van der Waals surface area contributed by atoms with E-state index in [2.05, 4.69) is 4.74 Å². The lowest BCUT2D eigenvalue weighted by molar-refractivity contribution is -0.145. The number of carbonyl (C=O) groups excluding carboxylic acids is 2. The molecule has 0 amide bonds. The Morgan fingerprint density at radius 1 is 1.54 bits per heavy atom. The van der Waals surface area contributed by atoms with Crippen LogP contribution >= 0.6 is 0 Å². The van der Waals surface area contributed by atoms with Crippen LogP contribution in [-0.2, 0) is 14.3 Å². The molecule has 0 aromatic heterocycles. The third-order valence-corrected chi connectivity index (χ3v) is 3.02. The minimum atomic E-state index is -0.210. The van der Waals surface area contributed by atoms with Crippen LogP contribution in [0.2, 0.25) is 0 Å². The average Bonchev–Trinajstić information content (AvgIpc) is 2.68. The van der Waals surface area contributed by atoms with E-state index < -0.39 is 0 Å². The molecule has 0 aliphatic heterocycles. The maximum atomic E-state index is 11.3. The molecule has 0 unspecified atom stereocenters. The van der Waals surface area contributed by atoms with Crippen molar-refractivity contribution in [3.05, 3.63) is 12.2 Å². The Bertz CT molecular complexity index is 280. The molecule has 0 N–H and O–H groups in total. The number of Topliss-reactive ketones (excluding diaryl/α,β-unsaturated/α-hetero) is 1. The number of ketones is 1. The van der Waals surface area contributed by atoms with Gasteiger partial charge in [-0.2, -0.15) is 0 Å². The molecule has 70 valence electrons. The van der Waals surface area contributed by atoms with Gasteiger partial charge in [-0.1, -0.05) is 12.2 Å². The van der Waals surface area contributed by atoms with Crippen LogP contribution in [0.25, 0.3) is 0 Å². The third kappa shape index (κ3) is 1.19. The number of carbonyl (C=O) groups is 2. The lowest BCUT2D eigenvalue weighted by atomic mass is 9.91. The van der Waals surface area contributed by atoms with E-state index in [0.29, 0.717) is 6.42 Å². The normalized spacial score (nSPS) is 36.4. The Labute approximate surface area is 76.8 Å². The summed E-state index contributed by atoms with van der Waals surface area (Å²) < 4.78 is 4.68. The SMILES string of the molecule is COC(=O)[C@@H]1C=C[C@@H]2C(=O)CC[C@@H]21. The lowest BCUT2D eigenvalue weighted by Crippen LogP contribution is -2.22. The minimum absolute atomic E-state index is 0.0101. The highest BCUT2D eigenvalue weighted by Gasteiger charge is 2.43. The van der Waals surface area contributed by atoms with Crippen molar-refractivity contribution < 1.29 is 14.3 Å². The number of rotatable bonds is 1. The number of allylic oxidation sites excluding steroid dienone is 1. The molecule has 2 aliphatic rings. The lowest BCUT2D eigenvalue weighted by Gasteiger charge is -2.14. The van der Waals surface area contributed by atoms with E-state index in [1.54, 1.807) is 0 Å². The number of hydrogen-bond donors (Lipinski definition) is 0. The maximum absolute atomic E-state index is 11.3. The maximum Gasteiger partial charge on any atom is 0.312 e. The highest BCUT2D eigenvalue weighted by molar-refractivity contribution is 5.88. The molecule has 0 radical (unpaired) electrons. The van der Waals surface area contributed by atoms with Gasteiger partial charge in [-0.3, -0.25) is 9.59 Å². The van der Waals surface area contributed by atoms with E-state index in [1.165, 1.54) is 7.11 Å². The topological polar surface area (TPSA) is 43.4 Å². The number of ether oxygens (including phenoxy) is 1. The van der Waals surface area contributed by atoms with E-state index in [4.69, 9.17) is 0 Å². The first-order valence-corrected chi connectivity index (χ1v) is 4.53. The highest BCUT2D eigenvalue weighted by Crippen LogP contribution is 2.41. The summed E-state index contributed by atoms with van der Waals surface area (Å²) in [5.41, 5.74) is 0. The van der Waals surface area contributed by atoms with Crippen LogP contribution in [0.15, 0.2) is 12.2 Å². The predicted octanol–water partition coefficient (Wildman–Crippen LogP) is 0.941. The fourth-order valence-electron chi connectivity index (χ4n) is 2.32. The number of fused-ring (bicyclic) bond motifs is 1. The van der Waals surface area contributed by atoms with Crippen LogP contribution in [0.4, 0.5) is 0 Å². The summed E-state index contributed by atoms with van der Waals surface area (Å²) in [6.07, 6.45) is 5.13. The van der Waals surface area contributed by atoms with E-state index in [-0.39, 0.29) is 29.5 Å². The van der Waals surface area contributed by atoms with E-state index in [1.807, 2.05) is 12.2 Å². The third-order valence-electron chi connectivity index (χ3n) is 3.02. The molecule has 0 aromatic rings. The summed E-state index contributed by atoms with van der Waals surface area (Å²) in [4.78, 5) is 22.6. The van der Waals surface area contributed by atoms with Gasteiger partial charge in [0.2, 0.25) is 0 Å². The van der Waals surface area contributed by atoms with Gasteiger partial charge in [0.1, 0.15) is 5.78 Å². The van der Waals surface area contributed by atoms with Crippen molar-refractivity contribution in [3.8, 4) is 0 Å². The fourth-order valence-corrected chi connectivity index (χ4v) is 2.32. The zero-order valence-corrected chi connectivity index (χ0v) is 7.53. The quantitative estimate of drug-likeness (QED) is 0.445. The standard InChI is InChI=1S/C10H12O3/c1-13-10(12)8-3-2-7-6(8)4-5-9(7)11/h2-3,6-8H,4-5H2,1H3/t6-,7-,8+/m0/s1. The van der Waals surface area contributed by atoms with Crippen molar-refractivity contribution in [1.29, 1.82) is 0 Å². The molecule has 3 heteroatoms. The van der Waals surface area contributed by atoms with Crippen LogP contribution in [0.1, 0.15) is 12.8 Å². The molecule has 3 nitrogen and oxygen atoms in total. The fraction of sp³-hybridized carbons (Fsp3) is 0.600. The molecule has 2 rings (SSSR count). The molecule has 0 spiro atoms. The van der Waals surface area contributed by atoms with Crippen LogP contribution in [0.3, 0.4) is 0 Å². The van der Waals surface area contributed by atoms with Crippen molar-refractivity contribution in [2.45, 2.75) is 12.8 Å². The molecular weight excluding hydrogens is 168 g/mol. The Morgan fingerprint density at radius 2 is 2.31 bits per heavy atom. The van der Waals surface area contributed by atoms with Gasteiger partial charge < -0.3 is 4.74 Å². The molecule has 1 fully saturated rings. The highest BCUT2D eigenvalue weighted by atomic mass is 16.5. The van der Waals surface area contributed by atoms with Gasteiger partial charge in [0.25, 0.3) is 0 Å². The van der Waals surface area contributed by atoms with E-state index in [0.717, 1.165) is 6.42 Å². The van der Waals surface area contributed by atoms with Gasteiger partial charge in [0.05, 0.1) is 13.0 Å². The largest absolute Gasteiger partial charge is 0.469 e. The zero-order valence-electron chi connectivity index (χ0n) is 7.53. The minimum Gasteiger partial charge on any atom is -0.469 e. The number of esters is 1. The molecular formula is C10H12O3. The number of hydrogen-bond acceptors (Lipinski definition) is 3. The molecule has 0 aromatic carbocycles. The summed E-state index contributed by atoms with van der Waals surface area (Å²) in [5.74, 6) is 0.0524. The summed E-state index contributed by atoms with van der Waals surface area (Å²) in [6.45, 7) is 0. The van der Waals surface area contributed by atoms with Crippen molar-refractivity contribution in [3.63, 3.8) is 0 Å². The van der Waals surface area contributed by atoms with E-state index in [9.17, 15) is 9.59 Å². The Balaban J connectivity index is 2.15. The van der Waals surface area contributed by atoms with Crippen LogP contribution in [-0.4, -0.2) is 18.9 Å². The first-order chi connectivity index (χ1) is 6.24. The van der Waals surface area contributed by atoms with Crippen LogP contribution in [0, 0.1) is 17.8 Å². The van der Waals surface area contributed by atoms with Gasteiger partial charge in [0, 0.05) is 12.3 Å². The van der Waals surface area contributed by atoms with Gasteiger partial charge in [-0.15, -0.1) is 0 Å². The van der Waals surface area contributed by atoms with Crippen molar-refractivity contribution in [2.75, 3.05) is 7.11 Å². The van der Waals surface area contributed by atoms with Gasteiger partial charge in [0.15, 0.2) is 0 Å². The molecule has 0 bridgehead atoms. The Hall–Kier alpha value is -1.12. The van der Waals surface area contributed by atoms with Crippen LogP contribution in [0.5, 0.6) is 0 Å². The molecule has 13 heavy (non-hydrogen) atoms. The smallest absolute Gasteiger partial charge is 0.312 e. The van der Waals surface area contributed by atoms with Crippen molar-refractivity contribution in [2.24, 2.45) is 17.8 Å². The second-order valence-corrected chi connectivity index (χ2v) is 3.63. The second-order valence-electron chi connectivity index (χ2n) is 3.63. The summed E-state index contributed by atoms with van der Waals surface area (Å²) >= 11 is 0. The zero-order chi connectivity index (χ0) is 9.42. The summed E-state index contributed by atoms with van der Waals surface area (Å²) in [5, 5.41) is 0. The van der Waals surface area contributed by atoms with Gasteiger partial charge >= 0.3 is 5.97 Å². The van der Waals surface area contributed by atoms with Gasteiger partial charge in [-0.05, 0) is 12.3 Å². The monoisotopic (exact) mass is 180 g/mol. The van der Waals surface area contributed by atoms with Crippen LogP contribution < -0.4 is 0 Å². The van der Waals surface area contributed by atoms with Gasteiger partial charge in [-0.25, -0.2) is 0 Å². The predicted molar refractivity (Wildman–Crippen MR) is 45.9 cm³/mol. The summed E-state index contributed by atoms with van der Waals surface area (Å²) in [7, 11) is 1.39. The molecule has 3 atom stereocenters. The molecule has 0 saturated heterocycles. The van der Waals surface area contributed by atoms with Crippen molar-refractivity contribution >= 4 is 11.8 Å². The number of methoxy groups -OCH3 is 1. The molecule has 1 saturated carbocycles. The Kier molecular flexibility index (Phi) is 1.94. The molecule has 2 aliphatic carbocycles. The Morgan fingerprint density at radius 3 is 3.00 bits per heavy atom. The first kappa shape index (κ1) is 8.48. The van der Waals surface area contributed by atoms with E-state index >= 15 is 0 Å². The van der Waals surface area contributed by atoms with Crippen molar-refractivity contribution in [1.82, 2.24) is 0 Å². The average molecular weight is 180 g/mol. The first-order valence-electron chi connectivity index (χ1n) is 4.53. The summed E-state index contributed by atoms with van der Waals surface area (Å²) in [6, 6.07) is 0. The second kappa shape index (κ2) is 2.98. The molecule has 0 heterocycles.